The van der Waals surface area contributed by atoms with Crippen LogP contribution < -0.4 is 0 Å². The number of aromatic carboxylic acids is 1. The van der Waals surface area contributed by atoms with E-state index in [0.717, 1.165) is 25.7 Å². The minimum Gasteiger partial charge on any atom is -0.478 e. The maximum atomic E-state index is 13.0. The van der Waals surface area contributed by atoms with Gasteiger partial charge in [-0.2, -0.15) is 0 Å². The number of aromatic amines is 1. The Bertz CT molecular complexity index is 1210. The van der Waals surface area contributed by atoms with Gasteiger partial charge in [0.15, 0.2) is 23.0 Å². The first-order valence-electron chi connectivity index (χ1n) is 12.4. The first-order chi connectivity index (χ1) is 16.8. The number of rotatable bonds is 6. The number of nitrogens with zero attached hydrogens (tertiary/aromatic N) is 1. The van der Waals surface area contributed by atoms with Crippen LogP contribution in [0.5, 0.6) is 0 Å². The van der Waals surface area contributed by atoms with Crippen LogP contribution in [0.25, 0.3) is 11.1 Å². The van der Waals surface area contributed by atoms with E-state index in [1.165, 1.54) is 6.07 Å². The molecule has 0 saturated carbocycles. The molecule has 0 unspecified atom stereocenters. The van der Waals surface area contributed by atoms with E-state index < -0.39 is 11.8 Å². The van der Waals surface area contributed by atoms with Crippen LogP contribution >= 0.6 is 0 Å². The molecule has 35 heavy (non-hydrogen) atoms. The average molecular weight is 481 g/mol. The summed E-state index contributed by atoms with van der Waals surface area (Å²) < 4.78 is 19.2. The zero-order valence-electron chi connectivity index (χ0n) is 20.3. The van der Waals surface area contributed by atoms with Crippen LogP contribution in [-0.2, 0) is 15.9 Å². The molecule has 1 spiro atoms. The van der Waals surface area contributed by atoms with Gasteiger partial charge in [-0.1, -0.05) is 26.8 Å². The predicted molar refractivity (Wildman–Crippen MR) is 128 cm³/mol. The normalized spacial score (nSPS) is 29.9. The second-order valence-corrected chi connectivity index (χ2v) is 10.2. The summed E-state index contributed by atoms with van der Waals surface area (Å²) >= 11 is 0. The maximum Gasteiger partial charge on any atom is 0.338 e. The van der Waals surface area contributed by atoms with Crippen molar-refractivity contribution >= 4 is 22.9 Å². The number of carboxylic acid groups (broad SMARTS) is 1. The molecular formula is C27H32N2O6. The van der Waals surface area contributed by atoms with Gasteiger partial charge >= 0.3 is 5.97 Å². The number of hydrogen-bond acceptors (Lipinski definition) is 6. The van der Waals surface area contributed by atoms with Gasteiger partial charge < -0.3 is 24.0 Å². The Morgan fingerprint density at radius 2 is 1.91 bits per heavy atom. The number of hydrogen-bond donors (Lipinski definition) is 2. The number of aromatic nitrogens is 2. The molecule has 5 rings (SSSR count). The molecule has 2 N–H and O–H groups in total. The largest absolute Gasteiger partial charge is 0.478 e. The number of ether oxygens (including phenoxy) is 2. The molecule has 2 aromatic heterocycles. The van der Waals surface area contributed by atoms with Crippen LogP contribution in [0.1, 0.15) is 73.2 Å². The summed E-state index contributed by atoms with van der Waals surface area (Å²) in [6, 6.07) is 8.53. The summed E-state index contributed by atoms with van der Waals surface area (Å²) in [5, 5.41) is 9.46. The van der Waals surface area contributed by atoms with Gasteiger partial charge in [-0.05, 0) is 48.9 Å². The van der Waals surface area contributed by atoms with Crippen molar-refractivity contribution in [1.29, 1.82) is 0 Å². The Morgan fingerprint density at radius 1 is 1.14 bits per heavy atom. The van der Waals surface area contributed by atoms with Crippen molar-refractivity contribution in [3.8, 4) is 0 Å². The topological polar surface area (TPSA) is 115 Å². The van der Waals surface area contributed by atoms with E-state index in [1.54, 1.807) is 24.4 Å². The third-order valence-electron chi connectivity index (χ3n) is 7.71. The third kappa shape index (κ3) is 4.52. The maximum absolute atomic E-state index is 13.0. The number of oxazole rings is 1. The number of carbonyl (C=O) groups excluding carboxylic acids is 1. The van der Waals surface area contributed by atoms with E-state index in [0.29, 0.717) is 29.1 Å². The van der Waals surface area contributed by atoms with Crippen LogP contribution in [0.2, 0.25) is 0 Å². The Labute approximate surface area is 204 Å². The molecule has 6 atom stereocenters. The van der Waals surface area contributed by atoms with Crippen molar-refractivity contribution in [2.24, 2.45) is 17.8 Å². The van der Waals surface area contributed by atoms with Gasteiger partial charge in [0, 0.05) is 25.0 Å². The molecule has 8 nitrogen and oxygen atoms in total. The van der Waals surface area contributed by atoms with E-state index in [2.05, 4.69) is 23.8 Å². The highest BCUT2D eigenvalue weighted by Crippen LogP contribution is 2.45. The average Bonchev–Trinajstić information content (AvgIpc) is 3.52. The van der Waals surface area contributed by atoms with Crippen LogP contribution in [0.4, 0.5) is 0 Å². The number of nitrogens with one attached hydrogen (secondary N) is 1. The molecule has 2 fully saturated rings. The van der Waals surface area contributed by atoms with Gasteiger partial charge in [0.05, 0.1) is 29.9 Å². The van der Waals surface area contributed by atoms with Crippen molar-refractivity contribution < 1.29 is 28.6 Å². The van der Waals surface area contributed by atoms with Gasteiger partial charge in [-0.3, -0.25) is 4.79 Å². The van der Waals surface area contributed by atoms with E-state index in [1.807, 2.05) is 13.0 Å². The molecule has 3 aromatic rings. The molecule has 0 amide bonds. The Hall–Kier alpha value is -2.97. The molecule has 2 aliphatic heterocycles. The summed E-state index contributed by atoms with van der Waals surface area (Å²) in [5.74, 6) is -1.07. The minimum atomic E-state index is -1.03. The molecule has 1 aromatic carbocycles. The minimum absolute atomic E-state index is 0.0466. The van der Waals surface area contributed by atoms with Crippen molar-refractivity contribution in [2.75, 3.05) is 0 Å². The number of carboxylic acids is 1. The van der Waals surface area contributed by atoms with Crippen molar-refractivity contribution in [2.45, 2.75) is 70.9 Å². The van der Waals surface area contributed by atoms with Crippen molar-refractivity contribution in [3.05, 3.63) is 53.7 Å². The van der Waals surface area contributed by atoms with Gasteiger partial charge in [0.2, 0.25) is 0 Å². The quantitative estimate of drug-likeness (QED) is 0.464. The Balaban J connectivity index is 1.34. The van der Waals surface area contributed by atoms with Crippen LogP contribution in [0.3, 0.4) is 0 Å². The fraction of sp³-hybridized carbons (Fsp3) is 0.519. The van der Waals surface area contributed by atoms with Gasteiger partial charge in [0.1, 0.15) is 5.52 Å². The summed E-state index contributed by atoms with van der Waals surface area (Å²) in [6.45, 7) is 6.21. The van der Waals surface area contributed by atoms with Crippen LogP contribution in [0, 0.1) is 17.8 Å². The molecule has 2 aliphatic rings. The summed E-state index contributed by atoms with van der Waals surface area (Å²) in [5.41, 5.74) is 1.53. The lowest BCUT2D eigenvalue weighted by Gasteiger charge is -2.50. The van der Waals surface area contributed by atoms with E-state index >= 15 is 0 Å². The number of benzene rings is 1. The van der Waals surface area contributed by atoms with Crippen LogP contribution in [0.15, 0.2) is 40.9 Å². The number of fused-ring (bicyclic) bond motifs is 1. The number of carbonyl (C=O) groups is 2. The van der Waals surface area contributed by atoms with E-state index in [9.17, 15) is 14.7 Å². The Morgan fingerprint density at radius 3 is 2.63 bits per heavy atom. The zero-order valence-corrected chi connectivity index (χ0v) is 20.3. The second-order valence-electron chi connectivity index (χ2n) is 10.2. The van der Waals surface area contributed by atoms with E-state index in [-0.39, 0.29) is 41.3 Å². The SMILES string of the molecule is C[C@H]1CC[C@@]2(CC[C@H](C)[C@H](Cc3nc4c(C(=O)O)cccc4o3)O2)O[C@H]1[C@@H](C)C(=O)c1ccc[nH]1. The zero-order chi connectivity index (χ0) is 24.7. The van der Waals surface area contributed by atoms with Gasteiger partial charge in [-0.15, -0.1) is 0 Å². The molecule has 2 saturated heterocycles. The Kier molecular flexibility index (Phi) is 6.27. The summed E-state index contributed by atoms with van der Waals surface area (Å²) in [7, 11) is 0. The number of ketones is 1. The monoisotopic (exact) mass is 480 g/mol. The van der Waals surface area contributed by atoms with Gasteiger partial charge in [0.25, 0.3) is 0 Å². The lowest BCUT2D eigenvalue weighted by Crippen LogP contribution is -2.54. The van der Waals surface area contributed by atoms with Crippen LogP contribution in [-0.4, -0.2) is 44.8 Å². The highest BCUT2D eigenvalue weighted by atomic mass is 16.7. The lowest BCUT2D eigenvalue weighted by atomic mass is 9.80. The molecular weight excluding hydrogens is 448 g/mol. The van der Waals surface area contributed by atoms with E-state index in [4.69, 9.17) is 13.9 Å². The molecule has 186 valence electrons. The van der Waals surface area contributed by atoms with Crippen molar-refractivity contribution in [3.63, 3.8) is 0 Å². The van der Waals surface area contributed by atoms with Crippen molar-refractivity contribution in [1.82, 2.24) is 9.97 Å². The number of H-pyrrole nitrogens is 1. The lowest BCUT2D eigenvalue weighted by molar-refractivity contribution is -0.334. The predicted octanol–water partition coefficient (Wildman–Crippen LogP) is 5.24. The van der Waals surface area contributed by atoms with Gasteiger partial charge in [-0.25, -0.2) is 9.78 Å². The fourth-order valence-electron chi connectivity index (χ4n) is 5.53. The molecule has 0 bridgehead atoms. The molecule has 0 aliphatic carbocycles. The smallest absolute Gasteiger partial charge is 0.338 e. The highest BCUT2D eigenvalue weighted by Gasteiger charge is 2.48. The number of para-hydroxylation sites is 1. The fourth-order valence-corrected chi connectivity index (χ4v) is 5.53. The molecule has 8 heteroatoms. The molecule has 4 heterocycles. The summed E-state index contributed by atoms with van der Waals surface area (Å²) in [6.07, 6.45) is 5.14. The summed E-state index contributed by atoms with van der Waals surface area (Å²) in [4.78, 5) is 32.1. The second kappa shape index (κ2) is 9.24. The number of Topliss-reactive ketones (excluding diaryl/α,β-unsaturated/α-hetero) is 1. The first-order valence-corrected chi connectivity index (χ1v) is 12.4. The highest BCUT2D eigenvalue weighted by molar-refractivity contribution is 6.00. The first kappa shape index (κ1) is 23.8. The third-order valence-corrected chi connectivity index (χ3v) is 7.71. The molecule has 0 radical (unpaired) electrons. The standard InChI is InChI=1S/C27H32N2O6/c1-15-9-11-27(12-10-16(2)25(35-27)17(3)24(30)19-7-5-13-28-19)34-21(15)14-22-29-23-18(26(31)32)6-4-8-20(23)33-22/h4-8,13,15-17,21,25,28H,9-12,14H2,1-3H3,(H,31,32)/t15-,16-,17-,21-,25+,27+/m0/s1.